The van der Waals surface area contributed by atoms with Crippen molar-refractivity contribution in [2.24, 2.45) is 5.73 Å². The lowest BCUT2D eigenvalue weighted by Crippen LogP contribution is -2.34. The minimum Gasteiger partial charge on any atom is -0.480 e. The Balaban J connectivity index is 4.15. The average Bonchev–Trinajstić information content (AvgIpc) is 2.96. The molecule has 43 heavy (non-hydrogen) atoms. The van der Waals surface area contributed by atoms with Crippen LogP contribution in [0.3, 0.4) is 0 Å². The van der Waals surface area contributed by atoms with Crippen molar-refractivity contribution < 1.29 is 47.5 Å². The normalized spacial score (nSPS) is 14.5. The predicted molar refractivity (Wildman–Crippen MR) is 166 cm³/mol. The zero-order valence-electron chi connectivity index (χ0n) is 26.3. The van der Waals surface area contributed by atoms with E-state index in [9.17, 15) is 23.8 Å². The lowest BCUT2D eigenvalue weighted by atomic mass is 10.1. The predicted octanol–water partition coefficient (Wildman–Crippen LogP) is 6.77. The molecule has 0 aliphatic heterocycles. The molecule has 0 aromatic carbocycles. The highest BCUT2D eigenvalue weighted by Gasteiger charge is 2.28. The molecular formula is C31H56NO10P. The van der Waals surface area contributed by atoms with Gasteiger partial charge in [0.25, 0.3) is 0 Å². The van der Waals surface area contributed by atoms with Crippen LogP contribution in [0.5, 0.6) is 0 Å². The Hall–Kier alpha value is -2.04. The molecule has 0 spiro atoms. The summed E-state index contributed by atoms with van der Waals surface area (Å²) in [7, 11) is -4.68. The molecule has 0 bridgehead atoms. The van der Waals surface area contributed by atoms with Crippen molar-refractivity contribution in [3.63, 3.8) is 0 Å². The van der Waals surface area contributed by atoms with E-state index in [-0.39, 0.29) is 19.4 Å². The Morgan fingerprint density at radius 3 is 1.86 bits per heavy atom. The summed E-state index contributed by atoms with van der Waals surface area (Å²) in [5, 5.41) is 8.75. The highest BCUT2D eigenvalue weighted by atomic mass is 31.2. The van der Waals surface area contributed by atoms with E-state index in [4.69, 9.17) is 24.8 Å². The quantitative estimate of drug-likeness (QED) is 0.0343. The van der Waals surface area contributed by atoms with Crippen LogP contribution in [-0.4, -0.2) is 59.9 Å². The van der Waals surface area contributed by atoms with Crippen molar-refractivity contribution >= 4 is 25.7 Å². The number of rotatable bonds is 29. The topological polar surface area (TPSA) is 172 Å². The number of carboxylic acid groups (broad SMARTS) is 1. The SMILES string of the molecule is CCCCCC/C=C\C/C=C\CCCCCCCCCC(=O)OC(COC(=O)CCC)COP(=O)(O)OCC(N)C(=O)O. The van der Waals surface area contributed by atoms with Gasteiger partial charge in [0.1, 0.15) is 12.6 Å². The van der Waals surface area contributed by atoms with Crippen molar-refractivity contribution in [2.45, 2.75) is 135 Å². The van der Waals surface area contributed by atoms with E-state index >= 15 is 0 Å². The van der Waals surface area contributed by atoms with E-state index in [2.05, 4.69) is 35.8 Å². The maximum absolute atomic E-state index is 12.3. The fourth-order valence-corrected chi connectivity index (χ4v) is 4.67. The van der Waals surface area contributed by atoms with E-state index in [1.807, 2.05) is 0 Å². The molecule has 3 atom stereocenters. The number of ether oxygens (including phenoxy) is 2. The number of allylic oxidation sites excluding steroid dienone is 4. The Labute approximate surface area is 258 Å². The molecule has 0 saturated heterocycles. The molecule has 11 nitrogen and oxygen atoms in total. The molecule has 0 aromatic heterocycles. The Morgan fingerprint density at radius 1 is 0.721 bits per heavy atom. The number of carbonyl (C=O) groups is 3. The summed E-state index contributed by atoms with van der Waals surface area (Å²) < 4.78 is 31.8. The van der Waals surface area contributed by atoms with Gasteiger partial charge in [0.05, 0.1) is 13.2 Å². The van der Waals surface area contributed by atoms with Crippen molar-refractivity contribution in [3.05, 3.63) is 24.3 Å². The van der Waals surface area contributed by atoms with Crippen LogP contribution in [0.2, 0.25) is 0 Å². The van der Waals surface area contributed by atoms with Gasteiger partial charge in [-0.05, 0) is 44.9 Å². The van der Waals surface area contributed by atoms with Gasteiger partial charge >= 0.3 is 25.7 Å². The molecule has 0 heterocycles. The molecule has 4 N–H and O–H groups in total. The van der Waals surface area contributed by atoms with Crippen molar-refractivity contribution in [2.75, 3.05) is 19.8 Å². The summed E-state index contributed by atoms with van der Waals surface area (Å²) in [5.74, 6) is -2.46. The van der Waals surface area contributed by atoms with Crippen LogP contribution in [-0.2, 0) is 37.5 Å². The molecule has 0 saturated carbocycles. The number of nitrogens with two attached hydrogens (primary N) is 1. The molecule has 250 valence electrons. The van der Waals surface area contributed by atoms with Crippen LogP contribution in [0.15, 0.2) is 24.3 Å². The zero-order chi connectivity index (χ0) is 32.2. The summed E-state index contributed by atoms with van der Waals surface area (Å²) in [6.07, 6.45) is 24.4. The van der Waals surface area contributed by atoms with E-state index in [0.717, 1.165) is 38.5 Å². The van der Waals surface area contributed by atoms with Gasteiger partial charge in [-0.15, -0.1) is 0 Å². The van der Waals surface area contributed by atoms with Crippen LogP contribution in [0.25, 0.3) is 0 Å². The second-order valence-electron chi connectivity index (χ2n) is 10.6. The number of unbranched alkanes of at least 4 members (excludes halogenated alkanes) is 11. The smallest absolute Gasteiger partial charge is 0.472 e. The van der Waals surface area contributed by atoms with Crippen LogP contribution >= 0.6 is 7.82 Å². The number of hydrogen-bond donors (Lipinski definition) is 3. The summed E-state index contributed by atoms with van der Waals surface area (Å²) in [6, 6.07) is -1.52. The third-order valence-corrected chi connectivity index (χ3v) is 7.37. The molecule has 0 radical (unpaired) electrons. The van der Waals surface area contributed by atoms with Crippen LogP contribution < -0.4 is 5.73 Å². The monoisotopic (exact) mass is 633 g/mol. The van der Waals surface area contributed by atoms with Gasteiger partial charge in [0.15, 0.2) is 6.10 Å². The average molecular weight is 634 g/mol. The highest BCUT2D eigenvalue weighted by Crippen LogP contribution is 2.43. The van der Waals surface area contributed by atoms with Gasteiger partial charge in [-0.25, -0.2) is 4.57 Å². The van der Waals surface area contributed by atoms with Crippen molar-refractivity contribution in [1.29, 1.82) is 0 Å². The number of aliphatic carboxylic acids is 1. The van der Waals surface area contributed by atoms with E-state index < -0.39 is 51.1 Å². The Kier molecular flexibility index (Phi) is 26.2. The molecule has 0 amide bonds. The molecule has 0 fully saturated rings. The van der Waals surface area contributed by atoms with Gasteiger partial charge in [0.2, 0.25) is 0 Å². The van der Waals surface area contributed by atoms with Gasteiger partial charge in [-0.2, -0.15) is 0 Å². The Bertz CT molecular complexity index is 848. The van der Waals surface area contributed by atoms with Crippen molar-refractivity contribution in [1.82, 2.24) is 0 Å². The van der Waals surface area contributed by atoms with Crippen molar-refractivity contribution in [3.8, 4) is 0 Å². The maximum atomic E-state index is 12.3. The lowest BCUT2D eigenvalue weighted by molar-refractivity contribution is -0.161. The zero-order valence-corrected chi connectivity index (χ0v) is 27.2. The second-order valence-corrected chi connectivity index (χ2v) is 12.0. The minimum atomic E-state index is -4.68. The first kappa shape index (κ1) is 41.0. The molecule has 0 rings (SSSR count). The summed E-state index contributed by atoms with van der Waals surface area (Å²) in [4.78, 5) is 44.6. The highest BCUT2D eigenvalue weighted by molar-refractivity contribution is 7.47. The van der Waals surface area contributed by atoms with Gasteiger partial charge < -0.3 is 25.2 Å². The molecule has 0 aliphatic rings. The van der Waals surface area contributed by atoms with Gasteiger partial charge in [-0.1, -0.05) is 89.5 Å². The van der Waals surface area contributed by atoms with Crippen LogP contribution in [0, 0.1) is 0 Å². The van der Waals surface area contributed by atoms with E-state index in [1.54, 1.807) is 6.92 Å². The number of phosphoric ester groups is 1. The maximum Gasteiger partial charge on any atom is 0.472 e. The summed E-state index contributed by atoms with van der Waals surface area (Å²) in [5.41, 5.74) is 5.25. The molecule has 3 unspecified atom stereocenters. The lowest BCUT2D eigenvalue weighted by Gasteiger charge is -2.20. The molecular weight excluding hydrogens is 577 g/mol. The van der Waals surface area contributed by atoms with Crippen LogP contribution in [0.4, 0.5) is 0 Å². The second kappa shape index (κ2) is 27.5. The number of phosphoric acid groups is 1. The standard InChI is InChI=1S/C31H56NO10P/c1-3-5-6-7-8-9-10-11-12-13-14-15-16-17-18-19-20-21-23-30(34)42-27(24-39-29(33)22-4-2)25-40-43(37,38)41-26-28(32)31(35)36/h9-10,12-13,27-28H,3-8,11,14-26,32H2,1-2H3,(H,35,36)(H,37,38)/b10-9-,13-12-. The third kappa shape index (κ3) is 27.3. The minimum absolute atomic E-state index is 0.151. The largest absolute Gasteiger partial charge is 0.480 e. The molecule has 0 aromatic rings. The Morgan fingerprint density at radius 2 is 1.28 bits per heavy atom. The first-order valence-corrected chi connectivity index (χ1v) is 17.4. The number of esters is 2. The van der Waals surface area contributed by atoms with E-state index in [0.29, 0.717) is 12.8 Å². The fourth-order valence-electron chi connectivity index (χ4n) is 3.89. The van der Waals surface area contributed by atoms with Gasteiger partial charge in [0, 0.05) is 12.8 Å². The first-order chi connectivity index (χ1) is 20.6. The summed E-state index contributed by atoms with van der Waals surface area (Å²) in [6.45, 7) is 2.33. The van der Waals surface area contributed by atoms with Crippen LogP contribution in [0.1, 0.15) is 123 Å². The number of hydrogen-bond acceptors (Lipinski definition) is 9. The first-order valence-electron chi connectivity index (χ1n) is 15.9. The third-order valence-electron chi connectivity index (χ3n) is 6.42. The number of carbonyl (C=O) groups excluding carboxylic acids is 2. The van der Waals surface area contributed by atoms with E-state index in [1.165, 1.54) is 44.9 Å². The number of carboxylic acids is 1. The fraction of sp³-hybridized carbons (Fsp3) is 0.774. The van der Waals surface area contributed by atoms with Gasteiger partial charge in [-0.3, -0.25) is 23.4 Å². The molecule has 0 aliphatic carbocycles. The molecule has 12 heteroatoms. The summed E-state index contributed by atoms with van der Waals surface area (Å²) >= 11 is 0.